The Labute approximate surface area is 115 Å². The van der Waals surface area contributed by atoms with Crippen molar-refractivity contribution in [1.29, 1.82) is 0 Å². The summed E-state index contributed by atoms with van der Waals surface area (Å²) in [4.78, 5) is 13.8. The number of halogens is 1. The van der Waals surface area contributed by atoms with Crippen LogP contribution in [0.25, 0.3) is 0 Å². The minimum atomic E-state index is -0.471. The van der Waals surface area contributed by atoms with E-state index in [1.165, 1.54) is 0 Å². The largest absolute Gasteiger partial charge is 0.390 e. The van der Waals surface area contributed by atoms with Crippen molar-refractivity contribution in [3.8, 4) is 0 Å². The van der Waals surface area contributed by atoms with Crippen molar-refractivity contribution in [3.63, 3.8) is 0 Å². The SMILES string of the molecule is CN(C(=O)Cc1cccc(Br)c1)[C@@H]1CNC[C@H]1O. The molecule has 1 aromatic rings. The Balaban J connectivity index is 1.99. The van der Waals surface area contributed by atoms with Crippen molar-refractivity contribution in [1.82, 2.24) is 10.2 Å². The molecular formula is C13H17BrN2O2. The number of aliphatic hydroxyl groups excluding tert-OH is 1. The van der Waals surface area contributed by atoms with E-state index in [4.69, 9.17) is 0 Å². The Kier molecular flexibility index (Phi) is 4.37. The second-order valence-electron chi connectivity index (χ2n) is 4.60. The Bertz CT molecular complexity index is 439. The van der Waals surface area contributed by atoms with E-state index in [0.717, 1.165) is 10.0 Å². The summed E-state index contributed by atoms with van der Waals surface area (Å²) < 4.78 is 0.970. The Morgan fingerprint density at radius 3 is 2.94 bits per heavy atom. The van der Waals surface area contributed by atoms with E-state index in [1.807, 2.05) is 24.3 Å². The summed E-state index contributed by atoms with van der Waals surface area (Å²) in [6.45, 7) is 1.21. The molecule has 1 aliphatic rings. The van der Waals surface area contributed by atoms with Gasteiger partial charge in [0, 0.05) is 24.6 Å². The van der Waals surface area contributed by atoms with Crippen molar-refractivity contribution in [2.75, 3.05) is 20.1 Å². The zero-order chi connectivity index (χ0) is 13.1. The first-order valence-corrected chi connectivity index (χ1v) is 6.76. The van der Waals surface area contributed by atoms with Crippen LogP contribution in [-0.4, -0.2) is 48.2 Å². The van der Waals surface area contributed by atoms with Crippen LogP contribution < -0.4 is 5.32 Å². The molecule has 18 heavy (non-hydrogen) atoms. The highest BCUT2D eigenvalue weighted by Crippen LogP contribution is 2.14. The topological polar surface area (TPSA) is 52.6 Å². The van der Waals surface area contributed by atoms with Gasteiger partial charge in [-0.25, -0.2) is 0 Å². The monoisotopic (exact) mass is 312 g/mol. The highest BCUT2D eigenvalue weighted by Gasteiger charge is 2.30. The summed E-state index contributed by atoms with van der Waals surface area (Å²) in [5.74, 6) is 0.0286. The molecule has 0 saturated carbocycles. The highest BCUT2D eigenvalue weighted by molar-refractivity contribution is 9.10. The summed E-state index contributed by atoms with van der Waals surface area (Å²) in [6.07, 6.45) is -0.111. The van der Waals surface area contributed by atoms with E-state index >= 15 is 0 Å². The normalized spacial score (nSPS) is 23.1. The first-order valence-electron chi connectivity index (χ1n) is 5.97. The van der Waals surface area contributed by atoms with E-state index in [-0.39, 0.29) is 11.9 Å². The number of amides is 1. The summed E-state index contributed by atoms with van der Waals surface area (Å²) in [5.41, 5.74) is 0.974. The number of carbonyl (C=O) groups excluding carboxylic acids is 1. The van der Waals surface area contributed by atoms with Gasteiger partial charge < -0.3 is 15.3 Å². The van der Waals surface area contributed by atoms with Crippen LogP contribution in [0, 0.1) is 0 Å². The Hall–Kier alpha value is -0.910. The molecule has 5 heteroatoms. The van der Waals surface area contributed by atoms with Gasteiger partial charge in [0.2, 0.25) is 5.91 Å². The third-order valence-electron chi connectivity index (χ3n) is 3.29. The number of β-amino-alcohol motifs (C(OH)–C–C–N with tert-alkyl or cyclic N) is 1. The molecule has 1 aromatic carbocycles. The van der Waals surface area contributed by atoms with Gasteiger partial charge in [-0.05, 0) is 17.7 Å². The average Bonchev–Trinajstić information content (AvgIpc) is 2.74. The zero-order valence-electron chi connectivity index (χ0n) is 10.3. The van der Waals surface area contributed by atoms with Crippen LogP contribution in [-0.2, 0) is 11.2 Å². The number of hydrogen-bond acceptors (Lipinski definition) is 3. The lowest BCUT2D eigenvalue weighted by Gasteiger charge is -2.26. The molecule has 2 N–H and O–H groups in total. The number of nitrogens with one attached hydrogen (secondary N) is 1. The standard InChI is InChI=1S/C13H17BrN2O2/c1-16(11-7-15-8-12(11)17)13(18)6-9-3-2-4-10(14)5-9/h2-5,11-12,15,17H,6-8H2,1H3/t11-,12-/m1/s1. The van der Waals surface area contributed by atoms with Crippen molar-refractivity contribution in [2.45, 2.75) is 18.6 Å². The molecule has 0 bridgehead atoms. The van der Waals surface area contributed by atoms with Crippen LogP contribution in [0.5, 0.6) is 0 Å². The number of hydrogen-bond donors (Lipinski definition) is 2. The minimum absolute atomic E-state index is 0.0286. The van der Waals surface area contributed by atoms with Gasteiger partial charge in [0.05, 0.1) is 18.6 Å². The number of rotatable bonds is 3. The summed E-state index contributed by atoms with van der Waals surface area (Å²) in [7, 11) is 1.75. The third kappa shape index (κ3) is 3.10. The van der Waals surface area contributed by atoms with Gasteiger partial charge in [-0.2, -0.15) is 0 Å². The maximum Gasteiger partial charge on any atom is 0.227 e. The lowest BCUT2D eigenvalue weighted by Crippen LogP contribution is -2.44. The lowest BCUT2D eigenvalue weighted by atomic mass is 10.1. The first-order chi connectivity index (χ1) is 8.58. The van der Waals surface area contributed by atoms with Crippen molar-refractivity contribution in [3.05, 3.63) is 34.3 Å². The fraction of sp³-hybridized carbons (Fsp3) is 0.462. The smallest absolute Gasteiger partial charge is 0.227 e. The molecule has 1 fully saturated rings. The second-order valence-corrected chi connectivity index (χ2v) is 5.52. The molecule has 0 aliphatic carbocycles. The van der Waals surface area contributed by atoms with Crippen molar-refractivity contribution in [2.24, 2.45) is 0 Å². The predicted octanol–water partition coefficient (Wildman–Crippen LogP) is 0.783. The molecule has 1 amide bonds. The molecule has 1 heterocycles. The summed E-state index contributed by atoms with van der Waals surface area (Å²) in [6, 6.07) is 7.60. The fourth-order valence-corrected chi connectivity index (χ4v) is 2.62. The number of aliphatic hydroxyl groups is 1. The van der Waals surface area contributed by atoms with Gasteiger partial charge in [-0.15, -0.1) is 0 Å². The van der Waals surface area contributed by atoms with E-state index < -0.39 is 6.10 Å². The zero-order valence-corrected chi connectivity index (χ0v) is 11.9. The maximum absolute atomic E-state index is 12.1. The minimum Gasteiger partial charge on any atom is -0.390 e. The van der Waals surface area contributed by atoms with E-state index in [2.05, 4.69) is 21.2 Å². The predicted molar refractivity (Wildman–Crippen MR) is 73.3 cm³/mol. The van der Waals surface area contributed by atoms with Crippen LogP contribution in [0.4, 0.5) is 0 Å². The Morgan fingerprint density at radius 1 is 1.56 bits per heavy atom. The van der Waals surface area contributed by atoms with Crippen LogP contribution >= 0.6 is 15.9 Å². The number of carbonyl (C=O) groups is 1. The van der Waals surface area contributed by atoms with Gasteiger partial charge >= 0.3 is 0 Å². The number of likely N-dealkylation sites (N-methyl/N-ethyl adjacent to an activating group) is 1. The number of nitrogens with zero attached hydrogens (tertiary/aromatic N) is 1. The Morgan fingerprint density at radius 2 is 2.33 bits per heavy atom. The fourth-order valence-electron chi connectivity index (χ4n) is 2.18. The van der Waals surface area contributed by atoms with E-state index in [9.17, 15) is 9.90 Å². The van der Waals surface area contributed by atoms with Crippen molar-refractivity contribution >= 4 is 21.8 Å². The highest BCUT2D eigenvalue weighted by atomic mass is 79.9. The lowest BCUT2D eigenvalue weighted by molar-refractivity contribution is -0.132. The van der Waals surface area contributed by atoms with Gasteiger partial charge in [-0.3, -0.25) is 4.79 Å². The second kappa shape index (κ2) is 5.82. The molecule has 0 radical (unpaired) electrons. The van der Waals surface area contributed by atoms with E-state index in [1.54, 1.807) is 11.9 Å². The maximum atomic E-state index is 12.1. The molecule has 0 aromatic heterocycles. The summed E-state index contributed by atoms with van der Waals surface area (Å²) >= 11 is 3.39. The molecule has 1 aliphatic heterocycles. The molecular weight excluding hydrogens is 296 g/mol. The summed E-state index contributed by atoms with van der Waals surface area (Å²) in [5, 5.41) is 12.8. The first kappa shape index (κ1) is 13.5. The molecule has 98 valence electrons. The van der Waals surface area contributed by atoms with Crippen LogP contribution in [0.2, 0.25) is 0 Å². The molecule has 0 unspecified atom stereocenters. The third-order valence-corrected chi connectivity index (χ3v) is 3.78. The molecule has 2 rings (SSSR count). The van der Waals surface area contributed by atoms with Gasteiger partial charge in [-0.1, -0.05) is 28.1 Å². The van der Waals surface area contributed by atoms with E-state index in [0.29, 0.717) is 19.5 Å². The van der Waals surface area contributed by atoms with Gasteiger partial charge in [0.25, 0.3) is 0 Å². The quantitative estimate of drug-likeness (QED) is 0.867. The molecule has 2 atom stereocenters. The van der Waals surface area contributed by atoms with Crippen LogP contribution in [0.15, 0.2) is 28.7 Å². The molecule has 1 saturated heterocycles. The molecule has 0 spiro atoms. The van der Waals surface area contributed by atoms with Gasteiger partial charge in [0.1, 0.15) is 0 Å². The average molecular weight is 313 g/mol. The molecule has 4 nitrogen and oxygen atoms in total. The number of benzene rings is 1. The van der Waals surface area contributed by atoms with Crippen LogP contribution in [0.1, 0.15) is 5.56 Å². The van der Waals surface area contributed by atoms with Gasteiger partial charge in [0.15, 0.2) is 0 Å². The van der Waals surface area contributed by atoms with Crippen molar-refractivity contribution < 1.29 is 9.90 Å². The van der Waals surface area contributed by atoms with Crippen LogP contribution in [0.3, 0.4) is 0 Å².